The van der Waals surface area contributed by atoms with Crippen LogP contribution in [0.3, 0.4) is 0 Å². The van der Waals surface area contributed by atoms with Crippen LogP contribution in [-0.2, 0) is 6.54 Å². The Hall–Kier alpha value is -3.65. The third kappa shape index (κ3) is 5.43. The van der Waals surface area contributed by atoms with Crippen LogP contribution in [0.1, 0.15) is 22.3 Å². The van der Waals surface area contributed by atoms with Crippen molar-refractivity contribution in [2.75, 3.05) is 32.8 Å². The van der Waals surface area contributed by atoms with Crippen molar-refractivity contribution < 1.29 is 9.53 Å². The predicted molar refractivity (Wildman–Crippen MR) is 158 cm³/mol. The molecule has 0 radical (unpaired) electrons. The number of carbonyl (C=O) groups is 1. The molecule has 1 amide bonds. The number of thiophene rings is 1. The van der Waals surface area contributed by atoms with Crippen LogP contribution in [0.2, 0.25) is 5.02 Å². The van der Waals surface area contributed by atoms with Gasteiger partial charge in [0, 0.05) is 49.5 Å². The monoisotopic (exact) mass is 556 g/mol. The summed E-state index contributed by atoms with van der Waals surface area (Å²) in [6.45, 7) is 6.37. The van der Waals surface area contributed by atoms with E-state index in [-0.39, 0.29) is 5.91 Å². The van der Waals surface area contributed by atoms with Crippen molar-refractivity contribution in [2.24, 2.45) is 0 Å². The largest absolute Gasteiger partial charge is 0.494 e. The van der Waals surface area contributed by atoms with E-state index in [9.17, 15) is 4.79 Å². The summed E-state index contributed by atoms with van der Waals surface area (Å²) in [7, 11) is 0. The van der Waals surface area contributed by atoms with Crippen LogP contribution in [0, 0.1) is 0 Å². The molecule has 0 aliphatic carbocycles. The van der Waals surface area contributed by atoms with Gasteiger partial charge in [0.2, 0.25) is 0 Å². The first-order valence-corrected chi connectivity index (χ1v) is 14.4. The van der Waals surface area contributed by atoms with E-state index in [4.69, 9.17) is 21.3 Å². The Bertz CT molecular complexity index is 1590. The van der Waals surface area contributed by atoms with Gasteiger partial charge in [0.15, 0.2) is 0 Å². The van der Waals surface area contributed by atoms with Crippen molar-refractivity contribution in [3.8, 4) is 28.1 Å². The molecule has 0 saturated carbocycles. The smallest absolute Gasteiger partial charge is 0.264 e. The molecule has 6 nitrogen and oxygen atoms in total. The third-order valence-electron chi connectivity index (χ3n) is 7.08. The molecule has 4 heterocycles. The number of carbonyl (C=O) groups excluding carboxylic acids is 1. The molecule has 2 aromatic carbocycles. The topological polar surface area (TPSA) is 50.1 Å². The molecule has 1 aliphatic heterocycles. The van der Waals surface area contributed by atoms with Crippen molar-refractivity contribution in [3.05, 3.63) is 100.0 Å². The Morgan fingerprint density at radius 3 is 2.49 bits per heavy atom. The number of piperazine rings is 1. The van der Waals surface area contributed by atoms with Crippen LogP contribution >= 0.6 is 22.9 Å². The number of ether oxygens (including phenoxy) is 1. The maximum Gasteiger partial charge on any atom is 0.264 e. The zero-order valence-corrected chi connectivity index (χ0v) is 23.3. The molecule has 0 N–H and O–H groups in total. The number of fused-ring (bicyclic) bond motifs is 1. The number of benzene rings is 2. The summed E-state index contributed by atoms with van der Waals surface area (Å²) in [5, 5.41) is 2.65. The van der Waals surface area contributed by atoms with Crippen LogP contribution in [0.25, 0.3) is 28.0 Å². The van der Waals surface area contributed by atoms with Crippen molar-refractivity contribution in [1.82, 2.24) is 19.2 Å². The number of aromatic nitrogens is 2. The Morgan fingerprint density at radius 1 is 0.949 bits per heavy atom. The van der Waals surface area contributed by atoms with E-state index in [1.165, 1.54) is 11.3 Å². The molecule has 0 atom stereocenters. The highest BCUT2D eigenvalue weighted by Crippen LogP contribution is 2.30. The fourth-order valence-corrected chi connectivity index (χ4v) is 5.88. The SMILES string of the molecule is CCOc1cccc(-c2ccc3nc(-c4ccc(Cl)cc4)c(CN4CCN(C(=O)c5cccs5)CC4)n3c2)c1. The van der Waals surface area contributed by atoms with Gasteiger partial charge in [-0.3, -0.25) is 9.69 Å². The average molecular weight is 557 g/mol. The molecule has 1 aliphatic rings. The lowest BCUT2D eigenvalue weighted by Crippen LogP contribution is -2.48. The van der Waals surface area contributed by atoms with Crippen LogP contribution in [0.15, 0.2) is 84.4 Å². The first kappa shape index (κ1) is 25.6. The van der Waals surface area contributed by atoms with Gasteiger partial charge in [-0.05, 0) is 65.9 Å². The van der Waals surface area contributed by atoms with Gasteiger partial charge >= 0.3 is 0 Å². The fraction of sp³-hybridized carbons (Fsp3) is 0.226. The van der Waals surface area contributed by atoms with Crippen LogP contribution < -0.4 is 4.74 Å². The summed E-state index contributed by atoms with van der Waals surface area (Å²) in [4.78, 5) is 23.1. The van der Waals surface area contributed by atoms with Gasteiger partial charge in [-0.25, -0.2) is 4.98 Å². The minimum Gasteiger partial charge on any atom is -0.494 e. The second-order valence-corrected chi connectivity index (χ2v) is 11.0. The number of rotatable bonds is 7. The third-order valence-corrected chi connectivity index (χ3v) is 8.19. The van der Waals surface area contributed by atoms with E-state index >= 15 is 0 Å². The lowest BCUT2D eigenvalue weighted by Gasteiger charge is -2.34. The molecule has 198 valence electrons. The number of halogens is 1. The Kier molecular flexibility index (Phi) is 7.37. The lowest BCUT2D eigenvalue weighted by atomic mass is 10.1. The summed E-state index contributed by atoms with van der Waals surface area (Å²) in [6, 6.07) is 24.1. The molecule has 3 aromatic heterocycles. The fourth-order valence-electron chi connectivity index (χ4n) is 5.06. The summed E-state index contributed by atoms with van der Waals surface area (Å²) < 4.78 is 7.94. The minimum atomic E-state index is 0.125. The van der Waals surface area contributed by atoms with Crippen molar-refractivity contribution in [1.29, 1.82) is 0 Å². The average Bonchev–Trinajstić information content (AvgIpc) is 3.63. The molecule has 8 heteroatoms. The highest BCUT2D eigenvalue weighted by molar-refractivity contribution is 7.12. The van der Waals surface area contributed by atoms with Gasteiger partial charge in [-0.15, -0.1) is 11.3 Å². The van der Waals surface area contributed by atoms with Gasteiger partial charge in [-0.2, -0.15) is 0 Å². The molecular weight excluding hydrogens is 528 g/mol. The van der Waals surface area contributed by atoms with E-state index in [1.54, 1.807) is 0 Å². The number of amides is 1. The van der Waals surface area contributed by atoms with Gasteiger partial charge in [0.05, 0.1) is 22.9 Å². The summed E-state index contributed by atoms with van der Waals surface area (Å²) in [5.41, 5.74) is 6.18. The van der Waals surface area contributed by atoms with Crippen molar-refractivity contribution >= 4 is 34.5 Å². The van der Waals surface area contributed by atoms with E-state index in [2.05, 4.69) is 39.8 Å². The summed E-state index contributed by atoms with van der Waals surface area (Å²) in [6.07, 6.45) is 2.17. The van der Waals surface area contributed by atoms with E-state index in [1.807, 2.05) is 65.7 Å². The molecule has 0 unspecified atom stereocenters. The van der Waals surface area contributed by atoms with Gasteiger partial charge < -0.3 is 14.0 Å². The number of nitrogens with zero attached hydrogens (tertiary/aromatic N) is 4. The Labute approximate surface area is 237 Å². The highest BCUT2D eigenvalue weighted by Gasteiger charge is 2.25. The predicted octanol–water partition coefficient (Wildman–Crippen LogP) is 6.74. The maximum absolute atomic E-state index is 12.8. The van der Waals surface area contributed by atoms with Crippen molar-refractivity contribution in [2.45, 2.75) is 13.5 Å². The normalized spacial score (nSPS) is 14.2. The van der Waals surface area contributed by atoms with Gasteiger partial charge in [-0.1, -0.05) is 41.9 Å². The second kappa shape index (κ2) is 11.2. The molecular formula is C31H29ClN4O2S. The maximum atomic E-state index is 12.8. The summed E-state index contributed by atoms with van der Waals surface area (Å²) >= 11 is 7.70. The quantitative estimate of drug-likeness (QED) is 0.223. The number of pyridine rings is 1. The summed E-state index contributed by atoms with van der Waals surface area (Å²) in [5.74, 6) is 0.984. The van der Waals surface area contributed by atoms with E-state index in [0.717, 1.165) is 64.0 Å². The molecule has 0 spiro atoms. The molecule has 1 saturated heterocycles. The van der Waals surface area contributed by atoms with Crippen LogP contribution in [0.5, 0.6) is 5.75 Å². The molecule has 0 bridgehead atoms. The first-order valence-electron chi connectivity index (χ1n) is 13.1. The van der Waals surface area contributed by atoms with Crippen LogP contribution in [-0.4, -0.2) is 57.9 Å². The van der Waals surface area contributed by atoms with Gasteiger partial charge in [0.25, 0.3) is 5.91 Å². The second-order valence-electron chi connectivity index (χ2n) is 9.57. The first-order chi connectivity index (χ1) is 19.1. The standard InChI is InChI=1S/C31H29ClN4O2S/c1-2-38-26-6-3-5-23(19-26)24-10-13-29-33-30(22-8-11-25(32)12-9-22)27(36(29)20-24)21-34-14-16-35(17-15-34)31(37)28-7-4-18-39-28/h3-13,18-20H,2,14-17,21H2,1H3. The number of hydrogen-bond acceptors (Lipinski definition) is 5. The zero-order valence-electron chi connectivity index (χ0n) is 21.7. The Morgan fingerprint density at radius 2 is 1.74 bits per heavy atom. The Balaban J connectivity index is 1.32. The minimum absolute atomic E-state index is 0.125. The molecule has 1 fully saturated rings. The molecule has 5 aromatic rings. The molecule has 39 heavy (non-hydrogen) atoms. The molecule has 6 rings (SSSR count). The number of imidazole rings is 1. The zero-order chi connectivity index (χ0) is 26.8. The van der Waals surface area contributed by atoms with E-state index in [0.29, 0.717) is 24.7 Å². The van der Waals surface area contributed by atoms with Crippen molar-refractivity contribution in [3.63, 3.8) is 0 Å². The van der Waals surface area contributed by atoms with Crippen LogP contribution in [0.4, 0.5) is 0 Å². The highest BCUT2D eigenvalue weighted by atomic mass is 35.5. The number of hydrogen-bond donors (Lipinski definition) is 0. The van der Waals surface area contributed by atoms with Gasteiger partial charge in [0.1, 0.15) is 11.4 Å². The van der Waals surface area contributed by atoms with E-state index < -0.39 is 0 Å². The lowest BCUT2D eigenvalue weighted by molar-refractivity contribution is 0.0631.